The van der Waals surface area contributed by atoms with Gasteiger partial charge in [-0.3, -0.25) is 4.79 Å². The molecule has 3 N–H and O–H groups in total. The Labute approximate surface area is 121 Å². The largest absolute Gasteiger partial charge is 0.346 e. The second-order valence-corrected chi connectivity index (χ2v) is 5.57. The van der Waals surface area contributed by atoms with E-state index in [1.807, 2.05) is 12.3 Å². The highest BCUT2D eigenvalue weighted by atomic mass is 32.1. The summed E-state index contributed by atoms with van der Waals surface area (Å²) in [7, 11) is 0. The molecule has 0 unspecified atom stereocenters. The van der Waals surface area contributed by atoms with Crippen molar-refractivity contribution in [2.45, 2.75) is 39.8 Å². The van der Waals surface area contributed by atoms with Gasteiger partial charge in [0.05, 0.1) is 23.9 Å². The third-order valence-corrected chi connectivity index (χ3v) is 3.99. The summed E-state index contributed by atoms with van der Waals surface area (Å²) in [6, 6.07) is -0.578. The van der Waals surface area contributed by atoms with Gasteiger partial charge in [-0.1, -0.05) is 6.92 Å². The van der Waals surface area contributed by atoms with Crippen LogP contribution in [0.4, 0.5) is 4.79 Å². The summed E-state index contributed by atoms with van der Waals surface area (Å²) in [6.07, 6.45) is 0.891. The summed E-state index contributed by atoms with van der Waals surface area (Å²) in [5.74, 6) is -0.184. The molecule has 0 bridgehead atoms. The van der Waals surface area contributed by atoms with Crippen LogP contribution in [0.1, 0.15) is 31.5 Å². The first-order chi connectivity index (χ1) is 9.51. The van der Waals surface area contributed by atoms with E-state index in [9.17, 15) is 9.59 Å². The van der Waals surface area contributed by atoms with Crippen LogP contribution in [-0.2, 0) is 17.8 Å². The predicted octanol–water partition coefficient (Wildman–Crippen LogP) is 1.30. The van der Waals surface area contributed by atoms with Crippen molar-refractivity contribution in [1.29, 1.82) is 0 Å². The zero-order valence-electron chi connectivity index (χ0n) is 11.7. The molecule has 0 fully saturated rings. The molecule has 0 spiro atoms. The summed E-state index contributed by atoms with van der Waals surface area (Å²) in [6.45, 7) is 5.96. The Morgan fingerprint density at radius 1 is 1.55 bits per heavy atom. The maximum atomic E-state index is 12.2. The Kier molecular flexibility index (Phi) is 4.39. The number of carbonyl (C=O) groups is 2. The van der Waals surface area contributed by atoms with Crippen molar-refractivity contribution < 1.29 is 9.59 Å². The van der Waals surface area contributed by atoms with Crippen LogP contribution < -0.4 is 16.0 Å². The van der Waals surface area contributed by atoms with Gasteiger partial charge in [-0.15, -0.1) is 11.3 Å². The number of allylic oxidation sites excluding steroid dienone is 1. The maximum absolute atomic E-state index is 12.2. The van der Waals surface area contributed by atoms with E-state index in [0.29, 0.717) is 17.8 Å². The molecule has 7 heteroatoms. The zero-order valence-corrected chi connectivity index (χ0v) is 12.6. The summed E-state index contributed by atoms with van der Waals surface area (Å²) < 4.78 is 0. The van der Waals surface area contributed by atoms with Crippen LogP contribution in [0.3, 0.4) is 0 Å². The molecule has 20 heavy (non-hydrogen) atoms. The van der Waals surface area contributed by atoms with Crippen LogP contribution in [0.5, 0.6) is 0 Å². The zero-order chi connectivity index (χ0) is 14.7. The first-order valence-corrected chi connectivity index (χ1v) is 7.39. The van der Waals surface area contributed by atoms with Crippen LogP contribution in [-0.4, -0.2) is 23.0 Å². The first-order valence-electron chi connectivity index (χ1n) is 6.51. The van der Waals surface area contributed by atoms with Gasteiger partial charge in [0, 0.05) is 11.1 Å². The van der Waals surface area contributed by atoms with Crippen molar-refractivity contribution in [3.8, 4) is 0 Å². The predicted molar refractivity (Wildman–Crippen MR) is 77.2 cm³/mol. The topological polar surface area (TPSA) is 83.1 Å². The number of urea groups is 1. The molecule has 0 saturated carbocycles. The molecule has 6 nitrogen and oxygen atoms in total. The second kappa shape index (κ2) is 6.04. The van der Waals surface area contributed by atoms with Gasteiger partial charge >= 0.3 is 6.03 Å². The van der Waals surface area contributed by atoms with Crippen molar-refractivity contribution in [2.75, 3.05) is 0 Å². The fourth-order valence-electron chi connectivity index (χ4n) is 2.08. The minimum Gasteiger partial charge on any atom is -0.346 e. The standard InChI is InChI=1S/C13H18N4O2S/c1-4-9-6-20-10(17-9)5-14-12(18)11-7(2)15-13(19)16-8(11)3/h6-7H,4-5H2,1-3H3,(H,14,18)(H2,15,16,19)/t7-/m0/s1. The van der Waals surface area contributed by atoms with E-state index in [-0.39, 0.29) is 18.0 Å². The normalized spacial score (nSPS) is 18.6. The minimum atomic E-state index is -0.300. The van der Waals surface area contributed by atoms with E-state index in [4.69, 9.17) is 0 Å². The van der Waals surface area contributed by atoms with Gasteiger partial charge in [0.2, 0.25) is 0 Å². The van der Waals surface area contributed by atoms with Crippen LogP contribution in [0.15, 0.2) is 16.7 Å². The smallest absolute Gasteiger partial charge is 0.319 e. The molecule has 1 aliphatic rings. The van der Waals surface area contributed by atoms with Crippen LogP contribution in [0.2, 0.25) is 0 Å². The molecule has 0 aromatic carbocycles. The van der Waals surface area contributed by atoms with E-state index in [0.717, 1.165) is 17.1 Å². The van der Waals surface area contributed by atoms with Crippen molar-refractivity contribution in [1.82, 2.24) is 20.9 Å². The van der Waals surface area contributed by atoms with Crippen molar-refractivity contribution in [2.24, 2.45) is 0 Å². The third kappa shape index (κ3) is 3.16. The number of hydrogen-bond acceptors (Lipinski definition) is 4. The second-order valence-electron chi connectivity index (χ2n) is 4.63. The summed E-state index contributed by atoms with van der Waals surface area (Å²) in [5.41, 5.74) is 2.18. The lowest BCUT2D eigenvalue weighted by Gasteiger charge is -2.25. The first kappa shape index (κ1) is 14.5. The molecule has 0 radical (unpaired) electrons. The fraction of sp³-hybridized carbons (Fsp3) is 0.462. The summed E-state index contributed by atoms with van der Waals surface area (Å²) >= 11 is 1.54. The highest BCUT2D eigenvalue weighted by molar-refractivity contribution is 7.09. The highest BCUT2D eigenvalue weighted by Gasteiger charge is 2.26. The SMILES string of the molecule is CCc1csc(CNC(=O)C2=C(C)NC(=O)N[C@H]2C)n1. The molecule has 0 aliphatic carbocycles. The highest BCUT2D eigenvalue weighted by Crippen LogP contribution is 2.13. The van der Waals surface area contributed by atoms with Crippen LogP contribution in [0, 0.1) is 0 Å². The van der Waals surface area contributed by atoms with E-state index in [1.165, 1.54) is 11.3 Å². The number of amides is 3. The Hall–Kier alpha value is -1.89. The van der Waals surface area contributed by atoms with Crippen molar-refractivity contribution in [3.63, 3.8) is 0 Å². The van der Waals surface area contributed by atoms with Crippen molar-refractivity contribution >= 4 is 23.3 Å². The van der Waals surface area contributed by atoms with Crippen LogP contribution in [0.25, 0.3) is 0 Å². The molecule has 0 saturated heterocycles. The van der Waals surface area contributed by atoms with E-state index >= 15 is 0 Å². The Morgan fingerprint density at radius 3 is 2.90 bits per heavy atom. The monoisotopic (exact) mass is 294 g/mol. The molecule has 3 amide bonds. The minimum absolute atomic E-state index is 0.184. The van der Waals surface area contributed by atoms with Crippen molar-refractivity contribution in [3.05, 3.63) is 27.4 Å². The number of thiazole rings is 1. The number of carbonyl (C=O) groups excluding carboxylic acids is 2. The van der Waals surface area contributed by atoms with Gasteiger partial charge in [-0.05, 0) is 20.3 Å². The molecule has 1 aromatic rings. The molecule has 108 valence electrons. The number of rotatable bonds is 4. The average molecular weight is 294 g/mol. The number of aryl methyl sites for hydroxylation is 1. The molecule has 2 rings (SSSR count). The van der Waals surface area contributed by atoms with Gasteiger partial charge in [-0.25, -0.2) is 9.78 Å². The lowest BCUT2D eigenvalue weighted by molar-refractivity contribution is -0.118. The molecule has 1 atom stereocenters. The van der Waals surface area contributed by atoms with Gasteiger partial charge < -0.3 is 16.0 Å². The summed E-state index contributed by atoms with van der Waals surface area (Å²) in [4.78, 5) is 27.9. The lowest BCUT2D eigenvalue weighted by Crippen LogP contribution is -2.50. The third-order valence-electron chi connectivity index (χ3n) is 3.09. The lowest BCUT2D eigenvalue weighted by atomic mass is 10.0. The van der Waals surface area contributed by atoms with E-state index in [1.54, 1.807) is 13.8 Å². The Balaban J connectivity index is 2.01. The van der Waals surface area contributed by atoms with E-state index < -0.39 is 0 Å². The molecule has 2 heterocycles. The Morgan fingerprint density at radius 2 is 2.30 bits per heavy atom. The van der Waals surface area contributed by atoms with Gasteiger partial charge in [0.15, 0.2) is 0 Å². The average Bonchev–Trinajstić information content (AvgIpc) is 2.83. The molecular weight excluding hydrogens is 276 g/mol. The number of nitrogens with one attached hydrogen (secondary N) is 3. The van der Waals surface area contributed by atoms with Gasteiger partial charge in [0.1, 0.15) is 5.01 Å². The fourth-order valence-corrected chi connectivity index (χ4v) is 2.89. The van der Waals surface area contributed by atoms with E-state index in [2.05, 4.69) is 20.9 Å². The Bertz CT molecular complexity index is 564. The number of hydrogen-bond donors (Lipinski definition) is 3. The maximum Gasteiger partial charge on any atom is 0.319 e. The number of nitrogens with zero attached hydrogens (tertiary/aromatic N) is 1. The number of aromatic nitrogens is 1. The van der Waals surface area contributed by atoms with Gasteiger partial charge in [0.25, 0.3) is 5.91 Å². The van der Waals surface area contributed by atoms with Crippen LogP contribution >= 0.6 is 11.3 Å². The molecule has 1 aliphatic heterocycles. The summed E-state index contributed by atoms with van der Waals surface area (Å²) in [5, 5.41) is 11.0. The molecule has 1 aromatic heterocycles. The molecular formula is C13H18N4O2S. The van der Waals surface area contributed by atoms with Gasteiger partial charge in [-0.2, -0.15) is 0 Å². The quantitative estimate of drug-likeness (QED) is 0.782.